The Morgan fingerprint density at radius 3 is 2.51 bits per heavy atom. The van der Waals surface area contributed by atoms with Gasteiger partial charge in [0.25, 0.3) is 5.91 Å². The molecule has 4 aromatic rings. The molecule has 3 aromatic carbocycles. The summed E-state index contributed by atoms with van der Waals surface area (Å²) in [6, 6.07) is 21.6. The molecule has 1 unspecified atom stereocenters. The molecule has 0 spiro atoms. The van der Waals surface area contributed by atoms with Gasteiger partial charge in [-0.05, 0) is 87.2 Å². The molecule has 202 valence electrons. The van der Waals surface area contributed by atoms with Crippen molar-refractivity contribution in [2.45, 2.75) is 52.7 Å². The van der Waals surface area contributed by atoms with Crippen molar-refractivity contribution < 1.29 is 18.7 Å². The molecular weight excluding hydrogens is 493 g/mol. The van der Waals surface area contributed by atoms with Crippen LogP contribution in [-0.4, -0.2) is 39.8 Å². The summed E-state index contributed by atoms with van der Waals surface area (Å²) < 4.78 is 27.9. The highest BCUT2D eigenvalue weighted by molar-refractivity contribution is 5.94. The standard InChI is InChI=1S/C32H34FN3O3/c1-4-30-29(21-35(20-28-9-6-18-38-28)31(37)24-12-10-22(2)11-13-24)32(39-27-8-5-7-23(3)19-27)36(34-30)26-16-14-25(33)15-17-26/h5,7-8,10-17,19,28H,4,6,9,18,20-21H2,1-3H3. The van der Waals surface area contributed by atoms with Crippen LogP contribution in [0.2, 0.25) is 0 Å². The molecule has 39 heavy (non-hydrogen) atoms. The van der Waals surface area contributed by atoms with Gasteiger partial charge in [0.2, 0.25) is 5.88 Å². The minimum atomic E-state index is -0.325. The molecule has 7 heteroatoms. The molecule has 1 aromatic heterocycles. The third kappa shape index (κ3) is 6.20. The smallest absolute Gasteiger partial charge is 0.254 e. The van der Waals surface area contributed by atoms with E-state index in [4.69, 9.17) is 14.6 Å². The average molecular weight is 528 g/mol. The fourth-order valence-electron chi connectivity index (χ4n) is 4.90. The van der Waals surface area contributed by atoms with Gasteiger partial charge in [-0.2, -0.15) is 5.10 Å². The molecule has 0 bridgehead atoms. The van der Waals surface area contributed by atoms with E-state index in [0.29, 0.717) is 49.0 Å². The van der Waals surface area contributed by atoms with E-state index in [9.17, 15) is 9.18 Å². The summed E-state index contributed by atoms with van der Waals surface area (Å²) in [4.78, 5) is 15.7. The number of halogens is 1. The molecule has 6 nitrogen and oxygen atoms in total. The lowest BCUT2D eigenvalue weighted by Crippen LogP contribution is -2.37. The van der Waals surface area contributed by atoms with E-state index >= 15 is 0 Å². The molecular formula is C32H34FN3O3. The molecule has 1 fully saturated rings. The van der Waals surface area contributed by atoms with Crippen LogP contribution < -0.4 is 4.74 Å². The number of nitrogens with zero attached hydrogens (tertiary/aromatic N) is 3. The van der Waals surface area contributed by atoms with Gasteiger partial charge in [-0.3, -0.25) is 4.79 Å². The Kier molecular flexibility index (Phi) is 8.07. The van der Waals surface area contributed by atoms with Gasteiger partial charge in [0, 0.05) is 18.7 Å². The van der Waals surface area contributed by atoms with E-state index in [-0.39, 0.29) is 17.8 Å². The van der Waals surface area contributed by atoms with Crippen LogP contribution in [0.15, 0.2) is 72.8 Å². The first-order valence-corrected chi connectivity index (χ1v) is 13.5. The fourth-order valence-corrected chi connectivity index (χ4v) is 4.90. The molecule has 5 rings (SSSR count). The largest absolute Gasteiger partial charge is 0.439 e. The normalized spacial score (nSPS) is 14.9. The Labute approximate surface area is 229 Å². The van der Waals surface area contributed by atoms with Gasteiger partial charge in [-0.15, -0.1) is 0 Å². The van der Waals surface area contributed by atoms with Crippen LogP contribution >= 0.6 is 0 Å². The van der Waals surface area contributed by atoms with E-state index < -0.39 is 0 Å². The Morgan fingerprint density at radius 1 is 1.08 bits per heavy atom. The third-order valence-electron chi connectivity index (χ3n) is 7.01. The second kappa shape index (κ2) is 11.8. The molecule has 0 saturated carbocycles. The lowest BCUT2D eigenvalue weighted by Gasteiger charge is -2.26. The lowest BCUT2D eigenvalue weighted by molar-refractivity contribution is 0.0505. The van der Waals surface area contributed by atoms with Gasteiger partial charge in [-0.1, -0.05) is 36.8 Å². The van der Waals surface area contributed by atoms with E-state index in [1.807, 2.05) is 74.2 Å². The van der Waals surface area contributed by atoms with Crippen molar-refractivity contribution in [2.24, 2.45) is 0 Å². The first-order valence-electron chi connectivity index (χ1n) is 13.5. The van der Waals surface area contributed by atoms with Gasteiger partial charge in [-0.25, -0.2) is 9.07 Å². The number of carbonyl (C=O) groups is 1. The zero-order chi connectivity index (χ0) is 27.4. The highest BCUT2D eigenvalue weighted by Gasteiger charge is 2.28. The highest BCUT2D eigenvalue weighted by Crippen LogP contribution is 2.33. The van der Waals surface area contributed by atoms with Gasteiger partial charge in [0.15, 0.2) is 0 Å². The molecule has 1 aliphatic rings. The number of aromatic nitrogens is 2. The van der Waals surface area contributed by atoms with Crippen LogP contribution in [0.25, 0.3) is 5.69 Å². The highest BCUT2D eigenvalue weighted by atomic mass is 19.1. The van der Waals surface area contributed by atoms with E-state index in [0.717, 1.165) is 35.2 Å². The average Bonchev–Trinajstić information content (AvgIpc) is 3.57. The maximum Gasteiger partial charge on any atom is 0.254 e. The summed E-state index contributed by atoms with van der Waals surface area (Å²) in [5.74, 6) is 0.786. The Hall–Kier alpha value is -3.97. The summed E-state index contributed by atoms with van der Waals surface area (Å²) in [7, 11) is 0. The maximum absolute atomic E-state index is 13.8. The van der Waals surface area contributed by atoms with Gasteiger partial charge >= 0.3 is 0 Å². The number of benzene rings is 3. The Bertz CT molecular complexity index is 1420. The Morgan fingerprint density at radius 2 is 1.85 bits per heavy atom. The van der Waals surface area contributed by atoms with Crippen molar-refractivity contribution in [3.63, 3.8) is 0 Å². The summed E-state index contributed by atoms with van der Waals surface area (Å²) in [6.45, 7) is 7.53. The summed E-state index contributed by atoms with van der Waals surface area (Å²) in [6.07, 6.45) is 2.53. The quantitative estimate of drug-likeness (QED) is 0.240. The second-order valence-electron chi connectivity index (χ2n) is 10.1. The van der Waals surface area contributed by atoms with Gasteiger partial charge in [0.1, 0.15) is 11.6 Å². The van der Waals surface area contributed by atoms with Crippen LogP contribution in [-0.2, 0) is 17.7 Å². The van der Waals surface area contributed by atoms with Crippen molar-refractivity contribution in [1.82, 2.24) is 14.7 Å². The topological polar surface area (TPSA) is 56.6 Å². The van der Waals surface area contributed by atoms with E-state index in [1.54, 1.807) is 16.8 Å². The summed E-state index contributed by atoms with van der Waals surface area (Å²) in [5.41, 5.74) is 5.10. The molecule has 1 amide bonds. The van der Waals surface area contributed by atoms with Crippen LogP contribution in [0.4, 0.5) is 4.39 Å². The predicted octanol–water partition coefficient (Wildman–Crippen LogP) is 6.80. The van der Waals surface area contributed by atoms with Crippen LogP contribution in [0.5, 0.6) is 11.6 Å². The zero-order valence-corrected chi connectivity index (χ0v) is 22.7. The van der Waals surface area contributed by atoms with Crippen molar-refractivity contribution in [2.75, 3.05) is 13.2 Å². The molecule has 0 N–H and O–H groups in total. The monoisotopic (exact) mass is 527 g/mol. The van der Waals surface area contributed by atoms with Gasteiger partial charge in [0.05, 0.1) is 29.6 Å². The Balaban J connectivity index is 1.58. The van der Waals surface area contributed by atoms with Crippen LogP contribution in [0, 0.1) is 19.7 Å². The fraction of sp³-hybridized carbons (Fsp3) is 0.312. The van der Waals surface area contributed by atoms with E-state index in [1.165, 1.54) is 12.1 Å². The number of rotatable bonds is 9. The number of amides is 1. The molecule has 0 radical (unpaired) electrons. The number of aryl methyl sites for hydroxylation is 3. The van der Waals surface area contributed by atoms with Gasteiger partial charge < -0.3 is 14.4 Å². The number of hydrogen-bond acceptors (Lipinski definition) is 4. The zero-order valence-electron chi connectivity index (χ0n) is 22.7. The molecule has 1 atom stereocenters. The maximum atomic E-state index is 13.8. The molecule has 2 heterocycles. The number of carbonyl (C=O) groups excluding carboxylic acids is 1. The summed E-state index contributed by atoms with van der Waals surface area (Å²) >= 11 is 0. The third-order valence-corrected chi connectivity index (χ3v) is 7.01. The number of hydrogen-bond donors (Lipinski definition) is 0. The number of ether oxygens (including phenoxy) is 2. The van der Waals surface area contributed by atoms with Crippen molar-refractivity contribution in [1.29, 1.82) is 0 Å². The van der Waals surface area contributed by atoms with Crippen molar-refractivity contribution >= 4 is 5.91 Å². The van der Waals surface area contributed by atoms with Crippen LogP contribution in [0.1, 0.15) is 52.5 Å². The van der Waals surface area contributed by atoms with Crippen molar-refractivity contribution in [3.05, 3.63) is 107 Å². The van der Waals surface area contributed by atoms with Crippen LogP contribution in [0.3, 0.4) is 0 Å². The predicted molar refractivity (Wildman–Crippen MR) is 149 cm³/mol. The first-order chi connectivity index (χ1) is 18.9. The summed E-state index contributed by atoms with van der Waals surface area (Å²) in [5, 5.41) is 4.88. The van der Waals surface area contributed by atoms with Crippen molar-refractivity contribution in [3.8, 4) is 17.3 Å². The second-order valence-corrected chi connectivity index (χ2v) is 10.1. The minimum absolute atomic E-state index is 0.0160. The van der Waals surface area contributed by atoms with E-state index in [2.05, 4.69) is 0 Å². The lowest BCUT2D eigenvalue weighted by atomic mass is 10.1. The first kappa shape index (κ1) is 26.6. The minimum Gasteiger partial charge on any atom is -0.439 e. The molecule has 1 saturated heterocycles. The molecule has 0 aliphatic carbocycles. The molecule has 1 aliphatic heterocycles. The SMILES string of the molecule is CCc1nn(-c2ccc(F)cc2)c(Oc2cccc(C)c2)c1CN(CC1CCCO1)C(=O)c1ccc(C)cc1.